The van der Waals surface area contributed by atoms with Crippen LogP contribution in [0.5, 0.6) is 0 Å². The van der Waals surface area contributed by atoms with Crippen molar-refractivity contribution < 1.29 is 18.3 Å². The lowest BCUT2D eigenvalue weighted by molar-refractivity contribution is 0.0697. The number of nitrogens with zero attached hydrogens (tertiary/aromatic N) is 2. The van der Waals surface area contributed by atoms with E-state index in [2.05, 4.69) is 14.5 Å². The van der Waals surface area contributed by atoms with E-state index >= 15 is 0 Å². The molecule has 2 aromatic carbocycles. The van der Waals surface area contributed by atoms with Crippen molar-refractivity contribution in [3.63, 3.8) is 0 Å². The first kappa shape index (κ1) is 23.6. The van der Waals surface area contributed by atoms with E-state index in [9.17, 15) is 18.3 Å². The van der Waals surface area contributed by atoms with Crippen molar-refractivity contribution in [2.75, 3.05) is 42.3 Å². The molecule has 2 fully saturated rings. The number of anilines is 2. The maximum absolute atomic E-state index is 13.3. The fraction of sp³-hybridized carbons (Fsp3) is 0.480. The molecule has 8 heteroatoms. The summed E-state index contributed by atoms with van der Waals surface area (Å²) >= 11 is 0. The highest BCUT2D eigenvalue weighted by molar-refractivity contribution is 7.92. The average molecular weight is 472 g/mol. The molecule has 2 saturated heterocycles. The molecule has 2 heterocycles. The van der Waals surface area contributed by atoms with E-state index in [0.29, 0.717) is 17.2 Å². The SMILES string of the molecule is Cc1ccc(C)c(S(=O)(=O)Nc2cc(C(=O)O)ccc2N2CCC[C@@H](CN3CCCC3)C2)c1. The lowest BCUT2D eigenvalue weighted by Gasteiger charge is -2.37. The lowest BCUT2D eigenvalue weighted by Crippen LogP contribution is -2.40. The van der Waals surface area contributed by atoms with E-state index in [1.54, 1.807) is 31.2 Å². The maximum atomic E-state index is 13.3. The second-order valence-corrected chi connectivity index (χ2v) is 11.0. The van der Waals surface area contributed by atoms with Crippen molar-refractivity contribution in [3.05, 3.63) is 53.1 Å². The summed E-state index contributed by atoms with van der Waals surface area (Å²) in [6, 6.07) is 10.0. The molecule has 2 aliphatic heterocycles. The van der Waals surface area contributed by atoms with Gasteiger partial charge in [-0.2, -0.15) is 0 Å². The van der Waals surface area contributed by atoms with Gasteiger partial charge in [0, 0.05) is 19.6 Å². The number of likely N-dealkylation sites (tertiary alicyclic amines) is 1. The minimum atomic E-state index is -3.88. The van der Waals surface area contributed by atoms with E-state index < -0.39 is 16.0 Å². The van der Waals surface area contributed by atoms with Crippen LogP contribution in [-0.4, -0.2) is 57.1 Å². The molecule has 0 amide bonds. The molecule has 33 heavy (non-hydrogen) atoms. The molecule has 1 atom stereocenters. The largest absolute Gasteiger partial charge is 0.478 e. The molecule has 0 aliphatic carbocycles. The summed E-state index contributed by atoms with van der Waals surface area (Å²) in [4.78, 5) is 16.6. The van der Waals surface area contributed by atoms with Crippen molar-refractivity contribution >= 4 is 27.4 Å². The van der Waals surface area contributed by atoms with Gasteiger partial charge in [0.15, 0.2) is 0 Å². The van der Waals surface area contributed by atoms with Gasteiger partial charge >= 0.3 is 5.97 Å². The summed E-state index contributed by atoms with van der Waals surface area (Å²) in [5.74, 6) is -0.571. The number of carboxylic acid groups (broad SMARTS) is 1. The molecule has 0 aromatic heterocycles. The van der Waals surface area contributed by atoms with Gasteiger partial charge in [0.1, 0.15) is 0 Å². The molecule has 2 N–H and O–H groups in total. The first-order valence-electron chi connectivity index (χ1n) is 11.7. The molecule has 0 bridgehead atoms. The predicted octanol–water partition coefficient (Wildman–Crippen LogP) is 4.11. The third kappa shape index (κ3) is 5.50. The molecule has 7 nitrogen and oxygen atoms in total. The first-order valence-corrected chi connectivity index (χ1v) is 13.2. The van der Waals surface area contributed by atoms with E-state index in [4.69, 9.17) is 0 Å². The molecule has 0 unspecified atom stereocenters. The Morgan fingerprint density at radius 2 is 1.82 bits per heavy atom. The predicted molar refractivity (Wildman–Crippen MR) is 131 cm³/mol. The minimum absolute atomic E-state index is 0.0584. The van der Waals surface area contributed by atoms with Crippen LogP contribution in [0.3, 0.4) is 0 Å². The summed E-state index contributed by atoms with van der Waals surface area (Å²) in [5.41, 5.74) is 2.61. The van der Waals surface area contributed by atoms with Gasteiger partial charge < -0.3 is 14.9 Å². The van der Waals surface area contributed by atoms with E-state index in [-0.39, 0.29) is 10.5 Å². The van der Waals surface area contributed by atoms with Gasteiger partial charge in [0.2, 0.25) is 0 Å². The summed E-state index contributed by atoms with van der Waals surface area (Å²) in [6.45, 7) is 8.64. The second-order valence-electron chi connectivity index (χ2n) is 9.37. The third-order valence-corrected chi connectivity index (χ3v) is 8.20. The van der Waals surface area contributed by atoms with Gasteiger partial charge in [-0.25, -0.2) is 13.2 Å². The Balaban J connectivity index is 1.63. The quantitative estimate of drug-likeness (QED) is 0.632. The summed E-state index contributed by atoms with van der Waals surface area (Å²) in [5, 5.41) is 9.51. The standard InChI is InChI=1S/C25H33N3O4S/c1-18-7-8-19(2)24(14-18)33(31,32)26-22-15-21(25(29)30)9-10-23(22)28-13-5-6-20(17-28)16-27-11-3-4-12-27/h7-10,14-15,20,26H,3-6,11-13,16-17H2,1-2H3,(H,29,30)/t20-/m0/s1. The van der Waals surface area contributed by atoms with Gasteiger partial charge in [-0.3, -0.25) is 4.72 Å². The van der Waals surface area contributed by atoms with E-state index in [0.717, 1.165) is 56.8 Å². The zero-order chi connectivity index (χ0) is 23.6. The van der Waals surface area contributed by atoms with Crippen molar-refractivity contribution in [2.45, 2.75) is 44.4 Å². The van der Waals surface area contributed by atoms with Crippen LogP contribution in [0.15, 0.2) is 41.3 Å². The average Bonchev–Trinajstić information content (AvgIpc) is 3.28. The third-order valence-electron chi connectivity index (χ3n) is 6.70. The van der Waals surface area contributed by atoms with E-state index in [1.165, 1.54) is 18.9 Å². The highest BCUT2D eigenvalue weighted by atomic mass is 32.2. The molecule has 0 spiro atoms. The number of rotatable bonds is 7. The molecule has 0 saturated carbocycles. The Morgan fingerprint density at radius 3 is 2.55 bits per heavy atom. The van der Waals surface area contributed by atoms with Crippen LogP contribution >= 0.6 is 0 Å². The molecular formula is C25H33N3O4S. The number of aryl methyl sites for hydroxylation is 2. The highest BCUT2D eigenvalue weighted by Gasteiger charge is 2.27. The minimum Gasteiger partial charge on any atom is -0.478 e. The monoisotopic (exact) mass is 471 g/mol. The topological polar surface area (TPSA) is 89.9 Å². The van der Waals surface area contributed by atoms with Crippen molar-refractivity contribution in [1.29, 1.82) is 0 Å². The number of piperidine rings is 1. The van der Waals surface area contributed by atoms with Crippen molar-refractivity contribution in [2.24, 2.45) is 5.92 Å². The van der Waals surface area contributed by atoms with Crippen molar-refractivity contribution in [3.8, 4) is 0 Å². The maximum Gasteiger partial charge on any atom is 0.335 e. The lowest BCUT2D eigenvalue weighted by atomic mass is 9.96. The number of nitrogens with one attached hydrogen (secondary N) is 1. The number of benzene rings is 2. The van der Waals surface area contributed by atoms with Crippen LogP contribution in [0.1, 0.15) is 47.2 Å². The normalized spacial score (nSPS) is 19.6. The molecule has 2 aromatic rings. The number of carboxylic acids is 1. The smallest absolute Gasteiger partial charge is 0.335 e. The van der Waals surface area contributed by atoms with Crippen LogP contribution in [0.25, 0.3) is 0 Å². The zero-order valence-corrected chi connectivity index (χ0v) is 20.2. The number of carbonyl (C=O) groups is 1. The summed E-state index contributed by atoms with van der Waals surface area (Å²) < 4.78 is 29.3. The first-order chi connectivity index (χ1) is 15.7. The highest BCUT2D eigenvalue weighted by Crippen LogP contribution is 2.33. The summed E-state index contributed by atoms with van der Waals surface area (Å²) in [6.07, 6.45) is 4.71. The number of sulfonamides is 1. The number of aromatic carboxylic acids is 1. The molecule has 2 aliphatic rings. The fourth-order valence-electron chi connectivity index (χ4n) is 4.99. The number of hydrogen-bond donors (Lipinski definition) is 2. The van der Waals surface area contributed by atoms with Gasteiger partial charge in [-0.05, 0) is 93.9 Å². The van der Waals surface area contributed by atoms with Gasteiger partial charge in [-0.1, -0.05) is 12.1 Å². The van der Waals surface area contributed by atoms with Gasteiger partial charge in [0.05, 0.1) is 21.8 Å². The van der Waals surface area contributed by atoms with Crippen molar-refractivity contribution in [1.82, 2.24) is 4.90 Å². The van der Waals surface area contributed by atoms with Crippen LogP contribution < -0.4 is 9.62 Å². The Kier molecular flexibility index (Phi) is 6.95. The van der Waals surface area contributed by atoms with Crippen LogP contribution in [0, 0.1) is 19.8 Å². The molecular weight excluding hydrogens is 438 g/mol. The Morgan fingerprint density at radius 1 is 1.06 bits per heavy atom. The summed E-state index contributed by atoms with van der Waals surface area (Å²) in [7, 11) is -3.88. The van der Waals surface area contributed by atoms with Crippen LogP contribution in [0.2, 0.25) is 0 Å². The molecule has 4 rings (SSSR count). The van der Waals surface area contributed by atoms with Crippen LogP contribution in [-0.2, 0) is 10.0 Å². The van der Waals surface area contributed by atoms with Gasteiger partial charge in [0.25, 0.3) is 10.0 Å². The Hall–Kier alpha value is -2.58. The Bertz CT molecular complexity index is 1130. The van der Waals surface area contributed by atoms with E-state index in [1.807, 2.05) is 13.0 Å². The molecule has 0 radical (unpaired) electrons. The zero-order valence-electron chi connectivity index (χ0n) is 19.4. The molecule has 178 valence electrons. The van der Waals surface area contributed by atoms with Gasteiger partial charge in [-0.15, -0.1) is 0 Å². The number of hydrogen-bond acceptors (Lipinski definition) is 5. The Labute approximate surface area is 196 Å². The van der Waals surface area contributed by atoms with Crippen LogP contribution in [0.4, 0.5) is 11.4 Å². The second kappa shape index (κ2) is 9.73. The fourth-order valence-corrected chi connectivity index (χ4v) is 6.38.